The van der Waals surface area contributed by atoms with Crippen molar-refractivity contribution < 1.29 is 14.4 Å². The minimum atomic E-state index is -0.468. The van der Waals surface area contributed by atoms with Crippen molar-refractivity contribution in [3.63, 3.8) is 0 Å². The normalized spacial score (nSPS) is 11.8. The van der Waals surface area contributed by atoms with Crippen LogP contribution >= 0.6 is 0 Å². The Balaban J connectivity index is 1.30. The van der Waals surface area contributed by atoms with Gasteiger partial charge in [0.05, 0.1) is 18.0 Å². The highest BCUT2D eigenvalue weighted by Crippen LogP contribution is 2.45. The second-order valence-corrected chi connectivity index (χ2v) is 10.3. The van der Waals surface area contributed by atoms with Gasteiger partial charge < -0.3 is 10.6 Å². The predicted molar refractivity (Wildman–Crippen MR) is 162 cm³/mol. The Morgan fingerprint density at radius 1 is 0.659 bits per heavy atom. The smallest absolute Gasteiger partial charge is 0.236 e. The van der Waals surface area contributed by atoms with Crippen LogP contribution in [0.4, 0.5) is 11.4 Å². The van der Waals surface area contributed by atoms with Gasteiger partial charge in [0.15, 0.2) is 5.78 Å². The number of aryl methyl sites for hydroxylation is 1. The molecule has 0 saturated heterocycles. The Labute approximate surface area is 238 Å². The van der Waals surface area contributed by atoms with Gasteiger partial charge >= 0.3 is 0 Å². The summed E-state index contributed by atoms with van der Waals surface area (Å²) in [6, 6.07) is 37.6. The second-order valence-electron chi connectivity index (χ2n) is 10.3. The van der Waals surface area contributed by atoms with Crippen LogP contribution in [0.5, 0.6) is 0 Å². The summed E-state index contributed by atoms with van der Waals surface area (Å²) < 4.78 is 0. The Kier molecular flexibility index (Phi) is 7.00. The van der Waals surface area contributed by atoms with Crippen LogP contribution < -0.4 is 10.6 Å². The van der Waals surface area contributed by atoms with E-state index in [9.17, 15) is 14.4 Å². The van der Waals surface area contributed by atoms with Gasteiger partial charge in [0, 0.05) is 16.8 Å². The fourth-order valence-corrected chi connectivity index (χ4v) is 5.40. The molecule has 0 saturated carbocycles. The zero-order chi connectivity index (χ0) is 28.3. The number of carbonyl (C=O) groups is 3. The first-order valence-corrected chi connectivity index (χ1v) is 13.6. The number of ketones is 1. The zero-order valence-electron chi connectivity index (χ0n) is 22.6. The van der Waals surface area contributed by atoms with Crippen molar-refractivity contribution in [2.75, 3.05) is 10.6 Å². The monoisotopic (exact) mass is 536 g/mol. The molecule has 0 radical (unpaired) electrons. The number of anilines is 2. The van der Waals surface area contributed by atoms with Gasteiger partial charge in [-0.05, 0) is 52.9 Å². The third-order valence-electron chi connectivity index (χ3n) is 7.42. The van der Waals surface area contributed by atoms with E-state index in [-0.39, 0.29) is 24.0 Å². The number of amides is 2. The Hall–Kier alpha value is -5.29. The predicted octanol–water partition coefficient (Wildman–Crippen LogP) is 7.16. The van der Waals surface area contributed by atoms with Crippen LogP contribution in [0.1, 0.15) is 44.1 Å². The van der Waals surface area contributed by atoms with Gasteiger partial charge in [-0.3, -0.25) is 14.4 Å². The van der Waals surface area contributed by atoms with Gasteiger partial charge in [-0.25, -0.2) is 0 Å². The Morgan fingerprint density at radius 3 is 1.93 bits per heavy atom. The van der Waals surface area contributed by atoms with E-state index in [1.807, 2.05) is 85.8 Å². The molecule has 5 heteroatoms. The van der Waals surface area contributed by atoms with Crippen LogP contribution in [0.15, 0.2) is 121 Å². The van der Waals surface area contributed by atoms with E-state index < -0.39 is 5.92 Å². The first kappa shape index (κ1) is 26.0. The first-order valence-electron chi connectivity index (χ1n) is 13.6. The number of hydrogen-bond acceptors (Lipinski definition) is 3. The summed E-state index contributed by atoms with van der Waals surface area (Å²) in [7, 11) is 0. The number of fused-ring (bicyclic) bond motifs is 3. The summed E-state index contributed by atoms with van der Waals surface area (Å²) >= 11 is 0. The van der Waals surface area contributed by atoms with E-state index in [2.05, 4.69) is 10.6 Å². The maximum Gasteiger partial charge on any atom is 0.236 e. The van der Waals surface area contributed by atoms with Crippen molar-refractivity contribution in [2.24, 2.45) is 0 Å². The number of rotatable bonds is 7. The molecular formula is C36H28N2O3. The van der Waals surface area contributed by atoms with E-state index in [1.165, 1.54) is 0 Å². The van der Waals surface area contributed by atoms with Gasteiger partial charge in [0.2, 0.25) is 11.8 Å². The van der Waals surface area contributed by atoms with Crippen LogP contribution in [-0.4, -0.2) is 17.6 Å². The average molecular weight is 537 g/mol. The minimum Gasteiger partial charge on any atom is -0.325 e. The molecular weight excluding hydrogens is 508 g/mol. The molecule has 0 aliphatic heterocycles. The van der Waals surface area contributed by atoms with Gasteiger partial charge in [-0.15, -0.1) is 0 Å². The number of carbonyl (C=O) groups excluding carboxylic acids is 3. The largest absolute Gasteiger partial charge is 0.325 e. The van der Waals surface area contributed by atoms with Crippen molar-refractivity contribution in [1.29, 1.82) is 0 Å². The highest BCUT2D eigenvalue weighted by atomic mass is 16.2. The molecule has 41 heavy (non-hydrogen) atoms. The molecule has 5 nitrogen and oxygen atoms in total. The van der Waals surface area contributed by atoms with E-state index >= 15 is 0 Å². The van der Waals surface area contributed by atoms with Crippen LogP contribution in [0, 0.1) is 6.92 Å². The second kappa shape index (κ2) is 11.1. The highest BCUT2D eigenvalue weighted by molar-refractivity contribution is 6.15. The number of nitrogens with one attached hydrogen (secondary N) is 2. The summed E-state index contributed by atoms with van der Waals surface area (Å²) in [5.74, 6) is -1.13. The molecule has 5 aromatic carbocycles. The zero-order valence-corrected chi connectivity index (χ0v) is 22.6. The highest BCUT2D eigenvalue weighted by Gasteiger charge is 2.33. The summed E-state index contributed by atoms with van der Waals surface area (Å²) in [6.45, 7) is 2.00. The van der Waals surface area contributed by atoms with Crippen molar-refractivity contribution in [3.8, 4) is 11.1 Å². The molecule has 2 N–H and O–H groups in total. The quantitative estimate of drug-likeness (QED) is 0.217. The molecule has 0 spiro atoms. The van der Waals surface area contributed by atoms with Crippen molar-refractivity contribution >= 4 is 29.0 Å². The molecule has 0 heterocycles. The molecule has 0 aromatic heterocycles. The van der Waals surface area contributed by atoms with E-state index in [0.717, 1.165) is 33.4 Å². The molecule has 200 valence electrons. The topological polar surface area (TPSA) is 75.3 Å². The summed E-state index contributed by atoms with van der Waals surface area (Å²) in [5, 5.41) is 5.95. The standard InChI is InChI=1S/C36H28N2O3/c1-23-15-17-24(18-16-23)21-33(39)38-32-20-19-26(22-31(32)35(40)25-9-3-2-4-10-25)37-36(41)34-29-13-7-5-11-27(29)28-12-6-8-14-30(28)34/h2-20,22,34H,21H2,1H3,(H,37,41)(H,38,39). The van der Waals surface area contributed by atoms with Crippen LogP contribution in [0.25, 0.3) is 11.1 Å². The molecule has 0 atom stereocenters. The van der Waals surface area contributed by atoms with E-state index in [0.29, 0.717) is 22.5 Å². The summed E-state index contributed by atoms with van der Waals surface area (Å²) in [4.78, 5) is 40.3. The van der Waals surface area contributed by atoms with E-state index in [1.54, 1.807) is 42.5 Å². The third kappa shape index (κ3) is 5.30. The lowest BCUT2D eigenvalue weighted by molar-refractivity contribution is -0.117. The molecule has 2 amide bonds. The van der Waals surface area contributed by atoms with Gasteiger partial charge in [0.1, 0.15) is 0 Å². The molecule has 1 aliphatic rings. The lowest BCUT2D eigenvalue weighted by atomic mass is 9.95. The molecule has 6 rings (SSSR count). The fraction of sp³-hybridized carbons (Fsp3) is 0.0833. The molecule has 0 unspecified atom stereocenters. The first-order chi connectivity index (χ1) is 20.0. The van der Waals surface area contributed by atoms with Crippen LogP contribution in [0.2, 0.25) is 0 Å². The average Bonchev–Trinajstić information content (AvgIpc) is 3.34. The third-order valence-corrected chi connectivity index (χ3v) is 7.42. The lowest BCUT2D eigenvalue weighted by Gasteiger charge is -2.16. The van der Waals surface area contributed by atoms with Crippen molar-refractivity contribution in [1.82, 2.24) is 0 Å². The number of hydrogen-bond donors (Lipinski definition) is 2. The SMILES string of the molecule is Cc1ccc(CC(=O)Nc2ccc(NC(=O)C3c4ccccc4-c4ccccc43)cc2C(=O)c2ccccc2)cc1. The molecule has 0 bridgehead atoms. The molecule has 0 fully saturated rings. The Morgan fingerprint density at radius 2 is 1.27 bits per heavy atom. The Bertz CT molecular complexity index is 1730. The van der Waals surface area contributed by atoms with Gasteiger partial charge in [-0.1, -0.05) is 109 Å². The fourth-order valence-electron chi connectivity index (χ4n) is 5.40. The summed E-state index contributed by atoms with van der Waals surface area (Å²) in [6.07, 6.45) is 0.179. The minimum absolute atomic E-state index is 0.179. The van der Waals surface area contributed by atoms with Gasteiger partial charge in [-0.2, -0.15) is 0 Å². The van der Waals surface area contributed by atoms with Gasteiger partial charge in [0.25, 0.3) is 0 Å². The number of benzene rings is 5. The maximum atomic E-state index is 13.7. The summed E-state index contributed by atoms with van der Waals surface area (Å²) in [5.41, 5.74) is 7.67. The van der Waals surface area contributed by atoms with Crippen molar-refractivity contribution in [2.45, 2.75) is 19.3 Å². The van der Waals surface area contributed by atoms with E-state index in [4.69, 9.17) is 0 Å². The molecule has 5 aromatic rings. The van der Waals surface area contributed by atoms with Crippen LogP contribution in [-0.2, 0) is 16.0 Å². The maximum absolute atomic E-state index is 13.7. The molecule has 1 aliphatic carbocycles. The van der Waals surface area contributed by atoms with Crippen LogP contribution in [0.3, 0.4) is 0 Å². The van der Waals surface area contributed by atoms with Crippen molar-refractivity contribution in [3.05, 3.63) is 155 Å². The lowest BCUT2D eigenvalue weighted by Crippen LogP contribution is -2.21.